The van der Waals surface area contributed by atoms with Crippen LogP contribution in [0.1, 0.15) is 39.0 Å². The summed E-state index contributed by atoms with van der Waals surface area (Å²) in [7, 11) is 0. The second kappa shape index (κ2) is 5.98. The molecule has 1 saturated carbocycles. The third-order valence-electron chi connectivity index (χ3n) is 4.85. The fourth-order valence-electron chi connectivity index (χ4n) is 3.58. The molecule has 1 aliphatic carbocycles. The zero-order chi connectivity index (χ0) is 14.8. The van der Waals surface area contributed by atoms with Crippen molar-refractivity contribution in [3.05, 3.63) is 30.3 Å². The van der Waals surface area contributed by atoms with Crippen LogP contribution >= 0.6 is 0 Å². The summed E-state index contributed by atoms with van der Waals surface area (Å²) in [5, 5.41) is 2.16. The number of rotatable bonds is 3. The fourth-order valence-corrected chi connectivity index (χ4v) is 3.58. The number of nitrogens with two attached hydrogens (primary N) is 1. The summed E-state index contributed by atoms with van der Waals surface area (Å²) in [5.74, 6) is 0.507. The standard InChI is InChI=1S/C17H22N2O2/c1-12-7-5-6-10-14(12)18-15-11-16(20)19(17(15)21)13-8-3-2-4-9-13/h2-4,8-9,12,14-15,18H,5-7,10-11H2,1H3/p+1/t12-,14+,15+/m0/s1. The van der Waals surface area contributed by atoms with Gasteiger partial charge in [-0.1, -0.05) is 31.5 Å². The van der Waals surface area contributed by atoms with Gasteiger partial charge in [-0.2, -0.15) is 0 Å². The second-order valence-electron chi connectivity index (χ2n) is 6.33. The predicted octanol–water partition coefficient (Wildman–Crippen LogP) is 1.46. The molecule has 112 valence electrons. The number of carbonyl (C=O) groups is 2. The minimum absolute atomic E-state index is 0.0519. The van der Waals surface area contributed by atoms with Gasteiger partial charge in [-0.25, -0.2) is 4.90 Å². The van der Waals surface area contributed by atoms with Crippen molar-refractivity contribution in [1.82, 2.24) is 0 Å². The number of para-hydroxylation sites is 1. The Morgan fingerprint density at radius 1 is 1.10 bits per heavy atom. The highest BCUT2D eigenvalue weighted by molar-refractivity contribution is 6.21. The Bertz CT molecular complexity index is 529. The van der Waals surface area contributed by atoms with Crippen LogP contribution in [0, 0.1) is 5.92 Å². The van der Waals surface area contributed by atoms with Crippen LogP contribution in [-0.2, 0) is 9.59 Å². The molecule has 2 amide bonds. The summed E-state index contributed by atoms with van der Waals surface area (Å²) < 4.78 is 0. The van der Waals surface area contributed by atoms with Crippen LogP contribution in [-0.4, -0.2) is 23.9 Å². The van der Waals surface area contributed by atoms with E-state index in [9.17, 15) is 9.59 Å². The molecule has 1 saturated heterocycles. The van der Waals surface area contributed by atoms with Gasteiger partial charge in [0.25, 0.3) is 5.91 Å². The Hall–Kier alpha value is -1.68. The van der Waals surface area contributed by atoms with E-state index < -0.39 is 0 Å². The Kier molecular flexibility index (Phi) is 4.06. The Morgan fingerprint density at radius 2 is 1.81 bits per heavy atom. The monoisotopic (exact) mass is 287 g/mol. The molecule has 4 heteroatoms. The zero-order valence-electron chi connectivity index (χ0n) is 12.5. The van der Waals surface area contributed by atoms with Crippen molar-refractivity contribution in [1.29, 1.82) is 0 Å². The van der Waals surface area contributed by atoms with Crippen LogP contribution in [0.2, 0.25) is 0 Å². The molecule has 0 aromatic heterocycles. The van der Waals surface area contributed by atoms with Crippen LogP contribution in [0.4, 0.5) is 5.69 Å². The first-order valence-electron chi connectivity index (χ1n) is 7.93. The number of hydrogen-bond acceptors (Lipinski definition) is 2. The van der Waals surface area contributed by atoms with Crippen molar-refractivity contribution in [2.24, 2.45) is 5.92 Å². The summed E-state index contributed by atoms with van der Waals surface area (Å²) in [5.41, 5.74) is 0.695. The van der Waals surface area contributed by atoms with Crippen LogP contribution in [0.3, 0.4) is 0 Å². The SMILES string of the molecule is C[C@H]1CCCC[C@H]1[NH2+][C@@H]1CC(=O)N(c2ccccc2)C1=O. The first-order chi connectivity index (χ1) is 10.2. The third kappa shape index (κ3) is 2.86. The summed E-state index contributed by atoms with van der Waals surface area (Å²) in [6.07, 6.45) is 5.25. The van der Waals surface area contributed by atoms with Crippen molar-refractivity contribution in [2.45, 2.75) is 51.1 Å². The molecule has 1 aromatic carbocycles. The van der Waals surface area contributed by atoms with Gasteiger partial charge in [-0.15, -0.1) is 0 Å². The van der Waals surface area contributed by atoms with E-state index in [1.54, 1.807) is 0 Å². The summed E-state index contributed by atoms with van der Waals surface area (Å²) >= 11 is 0. The molecule has 0 radical (unpaired) electrons. The molecule has 2 N–H and O–H groups in total. The lowest BCUT2D eigenvalue weighted by Crippen LogP contribution is -2.97. The minimum atomic E-state index is -0.233. The van der Waals surface area contributed by atoms with Gasteiger partial charge in [0, 0.05) is 5.92 Å². The van der Waals surface area contributed by atoms with Crippen molar-refractivity contribution in [2.75, 3.05) is 4.90 Å². The second-order valence-corrected chi connectivity index (χ2v) is 6.33. The average Bonchev–Trinajstić information content (AvgIpc) is 2.77. The van der Waals surface area contributed by atoms with Crippen molar-refractivity contribution in [3.63, 3.8) is 0 Å². The molecular formula is C17H23N2O2+. The molecule has 1 heterocycles. The summed E-state index contributed by atoms with van der Waals surface area (Å²) in [6, 6.07) is 9.50. The normalized spacial score (nSPS) is 30.0. The van der Waals surface area contributed by atoms with Gasteiger partial charge in [0.1, 0.15) is 0 Å². The van der Waals surface area contributed by atoms with Gasteiger partial charge < -0.3 is 5.32 Å². The molecule has 0 bridgehead atoms. The first-order valence-corrected chi connectivity index (χ1v) is 7.93. The fraction of sp³-hybridized carbons (Fsp3) is 0.529. The summed E-state index contributed by atoms with van der Waals surface area (Å²) in [6.45, 7) is 2.26. The van der Waals surface area contributed by atoms with Crippen molar-refractivity contribution < 1.29 is 14.9 Å². The molecule has 0 unspecified atom stereocenters. The van der Waals surface area contributed by atoms with Crippen LogP contribution in [0.5, 0.6) is 0 Å². The van der Waals surface area contributed by atoms with Gasteiger partial charge >= 0.3 is 0 Å². The van der Waals surface area contributed by atoms with E-state index >= 15 is 0 Å². The van der Waals surface area contributed by atoms with E-state index in [1.165, 1.54) is 24.2 Å². The minimum Gasteiger partial charge on any atom is -0.333 e. The number of quaternary nitrogens is 1. The smallest absolute Gasteiger partial charge is 0.292 e. The van der Waals surface area contributed by atoms with E-state index in [1.807, 2.05) is 30.3 Å². The molecule has 2 aliphatic rings. The predicted molar refractivity (Wildman–Crippen MR) is 80.7 cm³/mol. The van der Waals surface area contributed by atoms with Crippen molar-refractivity contribution >= 4 is 17.5 Å². The van der Waals surface area contributed by atoms with E-state index in [4.69, 9.17) is 0 Å². The van der Waals surface area contributed by atoms with E-state index in [0.29, 0.717) is 24.1 Å². The number of imide groups is 1. The van der Waals surface area contributed by atoms with Gasteiger partial charge in [0.15, 0.2) is 6.04 Å². The molecule has 3 atom stereocenters. The van der Waals surface area contributed by atoms with E-state index in [2.05, 4.69) is 12.2 Å². The number of carbonyl (C=O) groups excluding carboxylic acids is 2. The average molecular weight is 287 g/mol. The number of hydrogen-bond donors (Lipinski definition) is 1. The third-order valence-corrected chi connectivity index (χ3v) is 4.85. The molecule has 21 heavy (non-hydrogen) atoms. The lowest BCUT2D eigenvalue weighted by atomic mass is 9.85. The molecule has 4 nitrogen and oxygen atoms in total. The molecule has 3 rings (SSSR count). The Morgan fingerprint density at radius 3 is 2.52 bits per heavy atom. The lowest BCUT2D eigenvalue weighted by Gasteiger charge is -2.28. The van der Waals surface area contributed by atoms with Gasteiger partial charge in [0.05, 0.1) is 18.2 Å². The maximum Gasteiger partial charge on any atom is 0.292 e. The number of nitrogens with zero attached hydrogens (tertiary/aromatic N) is 1. The van der Waals surface area contributed by atoms with Gasteiger partial charge in [-0.05, 0) is 31.4 Å². The van der Waals surface area contributed by atoms with E-state index in [-0.39, 0.29) is 17.9 Å². The lowest BCUT2D eigenvalue weighted by molar-refractivity contribution is -0.715. The summed E-state index contributed by atoms with van der Waals surface area (Å²) in [4.78, 5) is 26.1. The van der Waals surface area contributed by atoms with Crippen LogP contribution < -0.4 is 10.2 Å². The molecule has 2 fully saturated rings. The van der Waals surface area contributed by atoms with Crippen LogP contribution in [0.15, 0.2) is 30.3 Å². The molecular weight excluding hydrogens is 264 g/mol. The highest BCUT2D eigenvalue weighted by atomic mass is 16.2. The van der Waals surface area contributed by atoms with Gasteiger partial charge in [0.2, 0.25) is 5.91 Å². The topological polar surface area (TPSA) is 54.0 Å². The number of benzene rings is 1. The Labute approximate surface area is 125 Å². The molecule has 1 aromatic rings. The van der Waals surface area contributed by atoms with Crippen LogP contribution in [0.25, 0.3) is 0 Å². The molecule has 0 spiro atoms. The maximum atomic E-state index is 12.6. The highest BCUT2D eigenvalue weighted by Crippen LogP contribution is 2.24. The highest BCUT2D eigenvalue weighted by Gasteiger charge is 2.44. The number of amides is 2. The largest absolute Gasteiger partial charge is 0.333 e. The van der Waals surface area contributed by atoms with E-state index in [0.717, 1.165) is 6.42 Å². The number of anilines is 1. The van der Waals surface area contributed by atoms with Gasteiger partial charge in [-0.3, -0.25) is 9.59 Å². The first kappa shape index (κ1) is 14.3. The Balaban J connectivity index is 1.71. The molecule has 1 aliphatic heterocycles. The zero-order valence-corrected chi connectivity index (χ0v) is 12.5. The maximum absolute atomic E-state index is 12.6. The van der Waals surface area contributed by atoms with Crippen molar-refractivity contribution in [3.8, 4) is 0 Å². The quantitative estimate of drug-likeness (QED) is 0.856.